The van der Waals surface area contributed by atoms with Crippen molar-refractivity contribution in [2.45, 2.75) is 36.9 Å². The summed E-state index contributed by atoms with van der Waals surface area (Å²) in [5.41, 5.74) is 2.36. The molecule has 0 spiro atoms. The first kappa shape index (κ1) is 17.6. The first-order chi connectivity index (χ1) is 11.7. The van der Waals surface area contributed by atoms with Gasteiger partial charge in [0.15, 0.2) is 0 Å². The van der Waals surface area contributed by atoms with Gasteiger partial charge in [-0.15, -0.1) is 13.2 Å². The number of hydrogen-bond acceptors (Lipinski definition) is 3. The Kier molecular flexibility index (Phi) is 4.64. The van der Waals surface area contributed by atoms with Crippen LogP contribution >= 0.6 is 0 Å². The lowest BCUT2D eigenvalue weighted by Gasteiger charge is -2.17. The van der Waals surface area contributed by atoms with E-state index >= 15 is 0 Å². The molecule has 0 saturated heterocycles. The molecular weight excluding hydrogens is 355 g/mol. The molecule has 0 atom stereocenters. The molecule has 0 aromatic heterocycles. The number of alkyl halides is 3. The van der Waals surface area contributed by atoms with Crippen LogP contribution in [0.5, 0.6) is 5.75 Å². The maximum absolute atomic E-state index is 12.5. The summed E-state index contributed by atoms with van der Waals surface area (Å²) in [6.45, 7) is 0. The minimum Gasteiger partial charge on any atom is -0.406 e. The van der Waals surface area contributed by atoms with Crippen LogP contribution in [0, 0.1) is 0 Å². The van der Waals surface area contributed by atoms with Gasteiger partial charge in [0.05, 0.1) is 4.90 Å². The lowest BCUT2D eigenvalue weighted by molar-refractivity contribution is -0.274. The SMILES string of the molecule is O=S(=O)(Nc1ccc(OC(F)(F)F)cc1)c1ccc2c(c1)CCCC2. The molecule has 0 radical (unpaired) electrons. The second-order valence-electron chi connectivity index (χ2n) is 5.82. The van der Waals surface area contributed by atoms with E-state index in [0.717, 1.165) is 43.4 Å². The first-order valence-electron chi connectivity index (χ1n) is 7.73. The van der Waals surface area contributed by atoms with Gasteiger partial charge in [0, 0.05) is 5.69 Å². The number of anilines is 1. The molecule has 8 heteroatoms. The van der Waals surface area contributed by atoms with Crippen molar-refractivity contribution in [3.05, 3.63) is 53.6 Å². The Balaban J connectivity index is 1.77. The van der Waals surface area contributed by atoms with E-state index in [2.05, 4.69) is 9.46 Å². The highest BCUT2D eigenvalue weighted by Gasteiger charge is 2.31. The van der Waals surface area contributed by atoms with E-state index in [0.29, 0.717) is 0 Å². The number of sulfonamides is 1. The highest BCUT2D eigenvalue weighted by Crippen LogP contribution is 2.27. The van der Waals surface area contributed by atoms with Crippen molar-refractivity contribution in [3.8, 4) is 5.75 Å². The Bertz CT molecular complexity index is 862. The van der Waals surface area contributed by atoms with Crippen LogP contribution < -0.4 is 9.46 Å². The quantitative estimate of drug-likeness (QED) is 0.874. The summed E-state index contributed by atoms with van der Waals surface area (Å²) in [7, 11) is -3.81. The molecule has 25 heavy (non-hydrogen) atoms. The van der Waals surface area contributed by atoms with Gasteiger partial charge in [-0.1, -0.05) is 6.07 Å². The number of nitrogens with one attached hydrogen (secondary N) is 1. The van der Waals surface area contributed by atoms with Gasteiger partial charge in [0.2, 0.25) is 0 Å². The second-order valence-corrected chi connectivity index (χ2v) is 7.50. The fourth-order valence-corrected chi connectivity index (χ4v) is 3.92. The van der Waals surface area contributed by atoms with Crippen LogP contribution in [0.4, 0.5) is 18.9 Å². The van der Waals surface area contributed by atoms with Gasteiger partial charge in [0.25, 0.3) is 10.0 Å². The van der Waals surface area contributed by atoms with E-state index in [1.165, 1.54) is 17.7 Å². The zero-order chi connectivity index (χ0) is 18.1. The van der Waals surface area contributed by atoms with Crippen LogP contribution in [0.3, 0.4) is 0 Å². The third-order valence-corrected chi connectivity index (χ3v) is 5.35. The standard InChI is InChI=1S/C17H16F3NO3S/c18-17(19,20)24-15-8-6-14(7-9-15)21-25(22,23)16-10-5-12-3-1-2-4-13(12)11-16/h5-11,21H,1-4H2. The molecule has 1 N–H and O–H groups in total. The molecule has 2 aromatic carbocycles. The molecule has 0 fully saturated rings. The summed E-state index contributed by atoms with van der Waals surface area (Å²) in [6, 6.07) is 9.58. The number of aryl methyl sites for hydroxylation is 2. The van der Waals surface area contributed by atoms with Crippen molar-refractivity contribution in [2.24, 2.45) is 0 Å². The van der Waals surface area contributed by atoms with Gasteiger partial charge < -0.3 is 4.74 Å². The highest BCUT2D eigenvalue weighted by atomic mass is 32.2. The van der Waals surface area contributed by atoms with Crippen LogP contribution in [0.25, 0.3) is 0 Å². The topological polar surface area (TPSA) is 55.4 Å². The molecule has 2 aromatic rings. The first-order valence-corrected chi connectivity index (χ1v) is 9.22. The van der Waals surface area contributed by atoms with Crippen LogP contribution in [0.15, 0.2) is 47.4 Å². The molecule has 1 aliphatic rings. The van der Waals surface area contributed by atoms with Gasteiger partial charge >= 0.3 is 6.36 Å². The summed E-state index contributed by atoms with van der Waals surface area (Å²) < 4.78 is 67.5. The van der Waals surface area contributed by atoms with Crippen molar-refractivity contribution >= 4 is 15.7 Å². The Morgan fingerprint density at radius 3 is 2.20 bits per heavy atom. The smallest absolute Gasteiger partial charge is 0.406 e. The van der Waals surface area contributed by atoms with E-state index in [1.54, 1.807) is 12.1 Å². The van der Waals surface area contributed by atoms with Gasteiger partial charge in [0.1, 0.15) is 5.75 Å². The maximum atomic E-state index is 12.5. The van der Waals surface area contributed by atoms with E-state index in [-0.39, 0.29) is 10.6 Å². The van der Waals surface area contributed by atoms with Crippen LogP contribution in [-0.2, 0) is 22.9 Å². The molecule has 1 aliphatic carbocycles. The molecular formula is C17H16F3NO3S. The highest BCUT2D eigenvalue weighted by molar-refractivity contribution is 7.92. The Hall–Kier alpha value is -2.22. The number of halogens is 3. The third kappa shape index (κ3) is 4.45. The van der Waals surface area contributed by atoms with E-state index < -0.39 is 22.1 Å². The summed E-state index contributed by atoms with van der Waals surface area (Å²) in [5.74, 6) is -0.413. The zero-order valence-electron chi connectivity index (χ0n) is 13.1. The summed E-state index contributed by atoms with van der Waals surface area (Å²) in [5, 5.41) is 0. The molecule has 0 heterocycles. The molecule has 0 amide bonds. The molecule has 134 valence electrons. The van der Waals surface area contributed by atoms with Crippen LogP contribution in [0.1, 0.15) is 24.0 Å². The number of fused-ring (bicyclic) bond motifs is 1. The molecule has 3 rings (SSSR count). The Labute approximate surface area is 143 Å². The molecule has 0 saturated carbocycles. The predicted octanol–water partition coefficient (Wildman–Crippen LogP) is 4.26. The zero-order valence-corrected chi connectivity index (χ0v) is 14.0. The van der Waals surface area contributed by atoms with Gasteiger partial charge in [-0.05, 0) is 73.2 Å². The molecule has 4 nitrogen and oxygen atoms in total. The predicted molar refractivity (Wildman–Crippen MR) is 87.0 cm³/mol. The monoisotopic (exact) mass is 371 g/mol. The van der Waals surface area contributed by atoms with Gasteiger partial charge in [-0.3, -0.25) is 4.72 Å². The number of rotatable bonds is 4. The maximum Gasteiger partial charge on any atom is 0.573 e. The van der Waals surface area contributed by atoms with Crippen molar-refractivity contribution in [1.29, 1.82) is 0 Å². The van der Waals surface area contributed by atoms with Crippen LogP contribution in [-0.4, -0.2) is 14.8 Å². The second kappa shape index (κ2) is 6.59. The molecule has 0 bridgehead atoms. The Morgan fingerprint density at radius 2 is 1.56 bits per heavy atom. The van der Waals surface area contributed by atoms with Crippen molar-refractivity contribution in [1.82, 2.24) is 0 Å². The van der Waals surface area contributed by atoms with Gasteiger partial charge in [-0.25, -0.2) is 8.42 Å². The normalized spacial score (nSPS) is 14.7. The third-order valence-electron chi connectivity index (χ3n) is 3.97. The fourth-order valence-electron chi connectivity index (χ4n) is 2.82. The van der Waals surface area contributed by atoms with E-state index in [1.807, 2.05) is 6.07 Å². The number of hydrogen-bond donors (Lipinski definition) is 1. The van der Waals surface area contributed by atoms with E-state index in [4.69, 9.17) is 0 Å². The lowest BCUT2D eigenvalue weighted by Crippen LogP contribution is -2.17. The summed E-state index contributed by atoms with van der Waals surface area (Å²) in [4.78, 5) is 0.142. The van der Waals surface area contributed by atoms with Crippen molar-refractivity contribution in [3.63, 3.8) is 0 Å². The Morgan fingerprint density at radius 1 is 0.920 bits per heavy atom. The summed E-state index contributed by atoms with van der Waals surface area (Å²) >= 11 is 0. The fraction of sp³-hybridized carbons (Fsp3) is 0.294. The molecule has 0 unspecified atom stereocenters. The van der Waals surface area contributed by atoms with Crippen molar-refractivity contribution in [2.75, 3.05) is 4.72 Å². The molecule has 0 aliphatic heterocycles. The van der Waals surface area contributed by atoms with E-state index in [9.17, 15) is 21.6 Å². The average Bonchev–Trinajstić information content (AvgIpc) is 2.55. The van der Waals surface area contributed by atoms with Gasteiger partial charge in [-0.2, -0.15) is 0 Å². The minimum atomic E-state index is -4.79. The van der Waals surface area contributed by atoms with Crippen molar-refractivity contribution < 1.29 is 26.3 Å². The number of benzene rings is 2. The number of ether oxygens (including phenoxy) is 1. The average molecular weight is 371 g/mol. The largest absolute Gasteiger partial charge is 0.573 e. The minimum absolute atomic E-state index is 0.142. The van der Waals surface area contributed by atoms with Crippen LogP contribution in [0.2, 0.25) is 0 Å². The lowest BCUT2D eigenvalue weighted by atomic mass is 9.92. The summed E-state index contributed by atoms with van der Waals surface area (Å²) in [6.07, 6.45) is -0.857.